The molecule has 0 unspecified atom stereocenters. The summed E-state index contributed by atoms with van der Waals surface area (Å²) in [6.45, 7) is 1.62. The Labute approximate surface area is 124 Å². The fourth-order valence-electron chi connectivity index (χ4n) is 1.76. The van der Waals surface area contributed by atoms with Crippen LogP contribution in [0.1, 0.15) is 16.3 Å². The van der Waals surface area contributed by atoms with Crippen LogP contribution in [0.15, 0.2) is 29.1 Å². The van der Waals surface area contributed by atoms with Crippen LogP contribution in [0.2, 0.25) is 0 Å². The first-order valence-electron chi connectivity index (χ1n) is 6.22. The molecule has 0 aliphatic rings. The largest absolute Gasteiger partial charge is 0.497 e. The van der Waals surface area contributed by atoms with E-state index in [0.29, 0.717) is 15.7 Å². The van der Waals surface area contributed by atoms with Gasteiger partial charge >= 0.3 is 0 Å². The second-order valence-electron chi connectivity index (χ2n) is 4.33. The van der Waals surface area contributed by atoms with Crippen molar-refractivity contribution in [3.05, 3.63) is 50.9 Å². The smallest absolute Gasteiger partial charge is 0.296 e. The molecule has 0 saturated carbocycles. The minimum Gasteiger partial charge on any atom is -0.497 e. The molecule has 0 N–H and O–H groups in total. The van der Waals surface area contributed by atoms with Crippen LogP contribution in [-0.4, -0.2) is 26.9 Å². The van der Waals surface area contributed by atoms with Crippen LogP contribution in [0, 0.1) is 6.92 Å². The summed E-state index contributed by atoms with van der Waals surface area (Å²) in [5, 5.41) is 12.7. The summed E-state index contributed by atoms with van der Waals surface area (Å²) in [6.07, 6.45) is 3.76. The Morgan fingerprint density at radius 3 is 2.67 bits per heavy atom. The Hall–Kier alpha value is -2.54. The molecule has 0 saturated heterocycles. The van der Waals surface area contributed by atoms with Crippen molar-refractivity contribution >= 4 is 28.4 Å². The van der Waals surface area contributed by atoms with Gasteiger partial charge in [0.05, 0.1) is 7.11 Å². The molecule has 7 heteroatoms. The average molecular weight is 300 g/mol. The number of nitrogens with zero attached hydrogens (tertiary/aromatic N) is 4. The van der Waals surface area contributed by atoms with Crippen LogP contribution in [0.3, 0.4) is 0 Å². The number of aromatic nitrogens is 4. The van der Waals surface area contributed by atoms with E-state index in [1.54, 1.807) is 14.0 Å². The maximum absolute atomic E-state index is 11.9. The molecule has 106 valence electrons. The lowest BCUT2D eigenvalue weighted by atomic mass is 10.2. The van der Waals surface area contributed by atoms with Crippen LogP contribution >= 0.6 is 11.3 Å². The van der Waals surface area contributed by atoms with Gasteiger partial charge in [-0.05, 0) is 30.7 Å². The Morgan fingerprint density at radius 2 is 1.95 bits per heavy atom. The standard InChI is InChI=1S/C14H12N4O2S/c1-9-13(19)18-14(16-15-9)21-12(17-18)8-5-10-3-6-11(20-2)7-4-10/h3-8H,1-2H3/b8-5+. The van der Waals surface area contributed by atoms with E-state index < -0.39 is 0 Å². The zero-order valence-electron chi connectivity index (χ0n) is 11.5. The van der Waals surface area contributed by atoms with Crippen LogP contribution in [0.25, 0.3) is 17.1 Å². The fourth-order valence-corrected chi connectivity index (χ4v) is 2.49. The van der Waals surface area contributed by atoms with Crippen molar-refractivity contribution in [3.8, 4) is 5.75 Å². The number of aryl methyl sites for hydroxylation is 1. The van der Waals surface area contributed by atoms with Gasteiger partial charge in [0.2, 0.25) is 4.96 Å². The van der Waals surface area contributed by atoms with E-state index in [0.717, 1.165) is 11.3 Å². The molecule has 3 aromatic rings. The molecule has 6 nitrogen and oxygen atoms in total. The number of rotatable bonds is 3. The molecule has 0 amide bonds. The van der Waals surface area contributed by atoms with E-state index in [4.69, 9.17) is 4.74 Å². The van der Waals surface area contributed by atoms with Gasteiger partial charge in [-0.25, -0.2) is 0 Å². The molecule has 0 aliphatic carbocycles. The van der Waals surface area contributed by atoms with Crippen molar-refractivity contribution in [2.45, 2.75) is 6.92 Å². The number of hydrogen-bond acceptors (Lipinski definition) is 6. The summed E-state index contributed by atoms with van der Waals surface area (Å²) < 4.78 is 6.39. The molecule has 0 radical (unpaired) electrons. The number of methoxy groups -OCH3 is 1. The van der Waals surface area contributed by atoms with Crippen LogP contribution < -0.4 is 10.3 Å². The van der Waals surface area contributed by atoms with Gasteiger partial charge in [0.15, 0.2) is 0 Å². The molecule has 0 fully saturated rings. The number of benzene rings is 1. The predicted molar refractivity (Wildman–Crippen MR) is 81.6 cm³/mol. The maximum Gasteiger partial charge on any atom is 0.296 e. The monoisotopic (exact) mass is 300 g/mol. The first kappa shape index (κ1) is 13.4. The van der Waals surface area contributed by atoms with Crippen molar-refractivity contribution in [2.75, 3.05) is 7.11 Å². The number of ether oxygens (including phenoxy) is 1. The van der Waals surface area contributed by atoms with Crippen LogP contribution in [-0.2, 0) is 0 Å². The third-order valence-corrected chi connectivity index (χ3v) is 3.76. The van der Waals surface area contributed by atoms with Crippen molar-refractivity contribution in [3.63, 3.8) is 0 Å². The van der Waals surface area contributed by atoms with E-state index in [1.807, 2.05) is 36.4 Å². The summed E-state index contributed by atoms with van der Waals surface area (Å²) >= 11 is 1.31. The van der Waals surface area contributed by atoms with Crippen LogP contribution in [0.4, 0.5) is 0 Å². The molecular formula is C14H12N4O2S. The van der Waals surface area contributed by atoms with Gasteiger partial charge in [-0.2, -0.15) is 9.61 Å². The lowest BCUT2D eigenvalue weighted by molar-refractivity contribution is 0.415. The average Bonchev–Trinajstić information content (AvgIpc) is 2.93. The quantitative estimate of drug-likeness (QED) is 0.740. The van der Waals surface area contributed by atoms with Gasteiger partial charge < -0.3 is 4.74 Å². The van der Waals surface area contributed by atoms with E-state index >= 15 is 0 Å². The zero-order valence-corrected chi connectivity index (χ0v) is 12.3. The van der Waals surface area contributed by atoms with Gasteiger partial charge in [0.25, 0.3) is 5.56 Å². The van der Waals surface area contributed by atoms with E-state index in [2.05, 4.69) is 15.3 Å². The second kappa shape index (κ2) is 5.45. The lowest BCUT2D eigenvalue weighted by Gasteiger charge is -1.98. The van der Waals surface area contributed by atoms with Gasteiger partial charge in [-0.15, -0.1) is 10.2 Å². The molecule has 0 spiro atoms. The number of fused-ring (bicyclic) bond motifs is 1. The Balaban J connectivity index is 1.92. The van der Waals surface area contributed by atoms with Crippen LogP contribution in [0.5, 0.6) is 5.75 Å². The maximum atomic E-state index is 11.9. The molecule has 0 bridgehead atoms. The highest BCUT2D eigenvalue weighted by Crippen LogP contribution is 2.16. The summed E-state index contributed by atoms with van der Waals surface area (Å²) in [5.41, 5.74) is 1.12. The fraction of sp³-hybridized carbons (Fsp3) is 0.143. The van der Waals surface area contributed by atoms with Gasteiger partial charge in [0, 0.05) is 0 Å². The first-order chi connectivity index (χ1) is 10.2. The molecule has 2 heterocycles. The molecule has 21 heavy (non-hydrogen) atoms. The van der Waals surface area contributed by atoms with Crippen molar-refractivity contribution < 1.29 is 4.74 Å². The second-order valence-corrected chi connectivity index (χ2v) is 5.32. The summed E-state index contributed by atoms with van der Waals surface area (Å²) in [7, 11) is 1.63. The van der Waals surface area contributed by atoms with Gasteiger partial charge in [-0.3, -0.25) is 4.79 Å². The van der Waals surface area contributed by atoms with Crippen molar-refractivity contribution in [1.82, 2.24) is 19.8 Å². The van der Waals surface area contributed by atoms with E-state index in [1.165, 1.54) is 15.9 Å². The molecule has 0 aliphatic heterocycles. The lowest BCUT2D eigenvalue weighted by Crippen LogP contribution is -2.19. The third kappa shape index (κ3) is 2.68. The third-order valence-electron chi connectivity index (χ3n) is 2.90. The minimum absolute atomic E-state index is 0.236. The van der Waals surface area contributed by atoms with Crippen molar-refractivity contribution in [2.24, 2.45) is 0 Å². The van der Waals surface area contributed by atoms with Crippen molar-refractivity contribution in [1.29, 1.82) is 0 Å². The Bertz CT molecular complexity index is 865. The van der Waals surface area contributed by atoms with E-state index in [9.17, 15) is 4.79 Å². The minimum atomic E-state index is -0.236. The highest BCUT2D eigenvalue weighted by molar-refractivity contribution is 7.17. The molecule has 1 aromatic carbocycles. The van der Waals surface area contributed by atoms with E-state index in [-0.39, 0.29) is 5.56 Å². The first-order valence-corrected chi connectivity index (χ1v) is 7.04. The highest BCUT2D eigenvalue weighted by Gasteiger charge is 2.07. The van der Waals surface area contributed by atoms with Gasteiger partial charge in [0.1, 0.15) is 16.5 Å². The molecule has 2 aromatic heterocycles. The zero-order chi connectivity index (χ0) is 14.8. The Kier molecular flexibility index (Phi) is 3.49. The summed E-state index contributed by atoms with van der Waals surface area (Å²) in [5.74, 6) is 0.810. The normalized spacial score (nSPS) is 11.3. The summed E-state index contributed by atoms with van der Waals surface area (Å²) in [4.78, 5) is 12.3. The highest BCUT2D eigenvalue weighted by atomic mass is 32.1. The molecule has 0 atom stereocenters. The Morgan fingerprint density at radius 1 is 1.19 bits per heavy atom. The topological polar surface area (TPSA) is 69.4 Å². The number of hydrogen-bond donors (Lipinski definition) is 0. The summed E-state index contributed by atoms with van der Waals surface area (Å²) in [6, 6.07) is 7.66. The molecule has 3 rings (SSSR count). The predicted octanol–water partition coefficient (Wildman–Crippen LogP) is 2.03. The molecular weight excluding hydrogens is 288 g/mol. The SMILES string of the molecule is COc1ccc(/C=C/c2nn3c(=O)c(C)nnc3s2)cc1. The van der Waals surface area contributed by atoms with Gasteiger partial charge in [-0.1, -0.05) is 29.5 Å².